The van der Waals surface area contributed by atoms with Crippen LogP contribution >= 0.6 is 0 Å². The molecule has 1 aliphatic rings. The summed E-state index contributed by atoms with van der Waals surface area (Å²) in [7, 11) is 0. The zero-order valence-corrected chi connectivity index (χ0v) is 5.68. The van der Waals surface area contributed by atoms with Crippen LogP contribution in [0.1, 0.15) is 19.3 Å². The van der Waals surface area contributed by atoms with E-state index in [0.29, 0.717) is 0 Å². The summed E-state index contributed by atoms with van der Waals surface area (Å²) >= 11 is 0. The number of ether oxygens (including phenoxy) is 1. The molecule has 1 N–H and O–H groups in total. The van der Waals surface area contributed by atoms with Gasteiger partial charge in [0.15, 0.2) is 6.29 Å². The first-order valence-electron chi connectivity index (χ1n) is 3.19. The fraction of sp³-hybridized carbons (Fsp3) is 0.714. The smallest absolute Gasteiger partial charge is 0.154 e. The minimum Gasteiger partial charge on any atom is -0.368 e. The summed E-state index contributed by atoms with van der Waals surface area (Å²) in [5, 5.41) is 8.69. The van der Waals surface area contributed by atoms with Crippen molar-refractivity contribution in [2.75, 3.05) is 6.61 Å². The molecule has 0 aromatic rings. The van der Waals surface area contributed by atoms with Crippen LogP contribution in [0, 0.1) is 0 Å². The van der Waals surface area contributed by atoms with Crippen LogP contribution in [-0.4, -0.2) is 18.0 Å². The summed E-state index contributed by atoms with van der Waals surface area (Å²) < 4.78 is 4.83. The lowest BCUT2D eigenvalue weighted by Gasteiger charge is -2.16. The van der Waals surface area contributed by atoms with E-state index in [2.05, 4.69) is 13.2 Å². The highest BCUT2D eigenvalue weighted by Gasteiger charge is 2.07. The highest BCUT2D eigenvalue weighted by atomic mass is 16.6. The van der Waals surface area contributed by atoms with Gasteiger partial charge >= 0.3 is 0 Å². The molecule has 54 valence electrons. The number of rotatable bonds is 0. The molecule has 0 aromatic heterocycles. The van der Waals surface area contributed by atoms with E-state index in [1.165, 1.54) is 0 Å². The van der Waals surface area contributed by atoms with Crippen molar-refractivity contribution < 1.29 is 9.84 Å². The fourth-order valence-corrected chi connectivity index (χ4v) is 0.724. The standard InChI is InChI=1S/C5H10O2.C2H4/c6-5-3-1-2-4-7-5;1-2/h5-6H,1-4H2;1-2H2. The third-order valence-electron chi connectivity index (χ3n) is 1.16. The minimum absolute atomic E-state index is 0.464. The Morgan fingerprint density at radius 2 is 2.00 bits per heavy atom. The summed E-state index contributed by atoms with van der Waals surface area (Å²) in [5.41, 5.74) is 0. The van der Waals surface area contributed by atoms with Gasteiger partial charge in [-0.25, -0.2) is 0 Å². The molecule has 0 amide bonds. The van der Waals surface area contributed by atoms with Crippen LogP contribution in [0.2, 0.25) is 0 Å². The predicted octanol–water partition coefficient (Wildman–Crippen LogP) is 1.31. The van der Waals surface area contributed by atoms with E-state index in [9.17, 15) is 0 Å². The molecular weight excluding hydrogens is 116 g/mol. The molecule has 2 nitrogen and oxygen atoms in total. The maximum Gasteiger partial charge on any atom is 0.154 e. The molecule has 1 saturated heterocycles. The molecule has 9 heavy (non-hydrogen) atoms. The molecule has 1 unspecified atom stereocenters. The third kappa shape index (κ3) is 4.18. The molecule has 0 aliphatic carbocycles. The van der Waals surface area contributed by atoms with Crippen LogP contribution in [0.25, 0.3) is 0 Å². The first kappa shape index (κ1) is 8.66. The van der Waals surface area contributed by atoms with E-state index in [4.69, 9.17) is 9.84 Å². The van der Waals surface area contributed by atoms with Gasteiger partial charge in [-0.05, 0) is 19.3 Å². The van der Waals surface area contributed by atoms with Crippen LogP contribution in [0.4, 0.5) is 0 Å². The van der Waals surface area contributed by atoms with Crippen molar-refractivity contribution in [2.45, 2.75) is 25.6 Å². The Morgan fingerprint density at radius 1 is 1.33 bits per heavy atom. The van der Waals surface area contributed by atoms with E-state index in [0.717, 1.165) is 25.9 Å². The monoisotopic (exact) mass is 130 g/mol. The summed E-state index contributed by atoms with van der Waals surface area (Å²) in [6.07, 6.45) is 2.58. The molecule has 1 aliphatic heterocycles. The first-order valence-corrected chi connectivity index (χ1v) is 3.19. The third-order valence-corrected chi connectivity index (χ3v) is 1.16. The van der Waals surface area contributed by atoms with Crippen molar-refractivity contribution >= 4 is 0 Å². The lowest BCUT2D eigenvalue weighted by molar-refractivity contribution is -0.123. The largest absolute Gasteiger partial charge is 0.368 e. The van der Waals surface area contributed by atoms with Crippen molar-refractivity contribution in [3.63, 3.8) is 0 Å². The van der Waals surface area contributed by atoms with Gasteiger partial charge in [0, 0.05) is 6.61 Å². The van der Waals surface area contributed by atoms with Crippen LogP contribution in [0.15, 0.2) is 13.2 Å². The van der Waals surface area contributed by atoms with Crippen molar-refractivity contribution in [1.82, 2.24) is 0 Å². The predicted molar refractivity (Wildman–Crippen MR) is 37.1 cm³/mol. The van der Waals surface area contributed by atoms with E-state index in [1.807, 2.05) is 0 Å². The van der Waals surface area contributed by atoms with Gasteiger partial charge in [0.25, 0.3) is 0 Å². The molecule has 1 fully saturated rings. The van der Waals surface area contributed by atoms with Crippen LogP contribution < -0.4 is 0 Å². The van der Waals surface area contributed by atoms with Crippen molar-refractivity contribution in [2.24, 2.45) is 0 Å². The van der Waals surface area contributed by atoms with E-state index in [1.54, 1.807) is 0 Å². The van der Waals surface area contributed by atoms with Crippen LogP contribution in [-0.2, 0) is 4.74 Å². The van der Waals surface area contributed by atoms with Gasteiger partial charge < -0.3 is 9.84 Å². The minimum atomic E-state index is -0.464. The van der Waals surface area contributed by atoms with E-state index in [-0.39, 0.29) is 0 Å². The number of hydrogen-bond donors (Lipinski definition) is 1. The Morgan fingerprint density at radius 3 is 2.22 bits per heavy atom. The molecule has 0 bridgehead atoms. The molecule has 2 heteroatoms. The molecule has 1 atom stereocenters. The molecule has 0 aromatic carbocycles. The van der Waals surface area contributed by atoms with Gasteiger partial charge in [0.2, 0.25) is 0 Å². The lowest BCUT2D eigenvalue weighted by atomic mass is 10.2. The Labute approximate surface area is 56.1 Å². The molecule has 1 rings (SSSR count). The van der Waals surface area contributed by atoms with Crippen molar-refractivity contribution in [3.8, 4) is 0 Å². The van der Waals surface area contributed by atoms with E-state index >= 15 is 0 Å². The topological polar surface area (TPSA) is 29.5 Å². The van der Waals surface area contributed by atoms with Gasteiger partial charge in [-0.3, -0.25) is 0 Å². The second-order valence-corrected chi connectivity index (χ2v) is 1.82. The highest BCUT2D eigenvalue weighted by Crippen LogP contribution is 2.08. The van der Waals surface area contributed by atoms with Gasteiger partial charge in [-0.1, -0.05) is 0 Å². The normalized spacial score (nSPS) is 26.1. The van der Waals surface area contributed by atoms with Crippen molar-refractivity contribution in [3.05, 3.63) is 13.2 Å². The molecule has 0 spiro atoms. The average Bonchev–Trinajstić information content (AvgIpc) is 1.94. The zero-order chi connectivity index (χ0) is 7.11. The summed E-state index contributed by atoms with van der Waals surface area (Å²) in [4.78, 5) is 0. The van der Waals surface area contributed by atoms with E-state index < -0.39 is 6.29 Å². The Hall–Kier alpha value is -0.340. The summed E-state index contributed by atoms with van der Waals surface area (Å²) in [5.74, 6) is 0. The molecule has 0 saturated carbocycles. The molecule has 1 heterocycles. The highest BCUT2D eigenvalue weighted by molar-refractivity contribution is 4.50. The molecular formula is C7H14O2. The number of aliphatic hydroxyl groups is 1. The summed E-state index contributed by atoms with van der Waals surface area (Å²) in [6.45, 7) is 6.74. The second kappa shape index (κ2) is 5.79. The van der Waals surface area contributed by atoms with Crippen LogP contribution in [0.5, 0.6) is 0 Å². The van der Waals surface area contributed by atoms with Gasteiger partial charge in [-0.2, -0.15) is 0 Å². The Kier molecular flexibility index (Phi) is 5.57. The average molecular weight is 130 g/mol. The fourth-order valence-electron chi connectivity index (χ4n) is 0.724. The zero-order valence-electron chi connectivity index (χ0n) is 5.68. The maximum atomic E-state index is 8.69. The van der Waals surface area contributed by atoms with Gasteiger partial charge in [0.05, 0.1) is 0 Å². The Balaban J connectivity index is 0.000000291. The Bertz CT molecular complexity index is 57.9. The van der Waals surface area contributed by atoms with Gasteiger partial charge in [-0.15, -0.1) is 13.2 Å². The second-order valence-electron chi connectivity index (χ2n) is 1.82. The maximum absolute atomic E-state index is 8.69. The quantitative estimate of drug-likeness (QED) is 0.501. The van der Waals surface area contributed by atoms with Crippen LogP contribution in [0.3, 0.4) is 0 Å². The summed E-state index contributed by atoms with van der Waals surface area (Å²) in [6, 6.07) is 0. The SMILES string of the molecule is C=C.OC1CCCCO1. The molecule has 0 radical (unpaired) electrons. The number of aliphatic hydroxyl groups excluding tert-OH is 1. The first-order chi connectivity index (χ1) is 4.39. The number of hydrogen-bond acceptors (Lipinski definition) is 2. The lowest BCUT2D eigenvalue weighted by Crippen LogP contribution is -2.17. The van der Waals surface area contributed by atoms with Crippen molar-refractivity contribution in [1.29, 1.82) is 0 Å². The van der Waals surface area contributed by atoms with Gasteiger partial charge in [0.1, 0.15) is 0 Å².